The van der Waals surface area contributed by atoms with Gasteiger partial charge >= 0.3 is 0 Å². The van der Waals surface area contributed by atoms with Crippen molar-refractivity contribution >= 4 is 21.9 Å². The maximum atomic E-state index is 5.83. The molecule has 5 heteroatoms. The third-order valence-electron chi connectivity index (χ3n) is 2.67. The van der Waals surface area contributed by atoms with Gasteiger partial charge in [0.05, 0.1) is 4.47 Å². The Morgan fingerprint density at radius 2 is 2.00 bits per heavy atom. The Morgan fingerprint density at radius 1 is 1.20 bits per heavy atom. The van der Waals surface area contributed by atoms with E-state index in [9.17, 15) is 0 Å². The Kier molecular flexibility index (Phi) is 4.95. The number of nitrogens with one attached hydrogen (secondary N) is 1. The van der Waals surface area contributed by atoms with Gasteiger partial charge in [0, 0.05) is 18.3 Å². The molecule has 0 aliphatic rings. The largest absolute Gasteiger partial charge is 0.438 e. The molecule has 0 saturated carbocycles. The third kappa shape index (κ3) is 3.93. The van der Waals surface area contributed by atoms with Gasteiger partial charge in [0.15, 0.2) is 0 Å². The summed E-state index contributed by atoms with van der Waals surface area (Å²) in [4.78, 5) is 8.70. The maximum absolute atomic E-state index is 5.83. The molecule has 0 unspecified atom stereocenters. The molecule has 1 N–H and O–H groups in total. The Hall–Kier alpha value is -1.62. The second kappa shape index (κ2) is 6.70. The van der Waals surface area contributed by atoms with Crippen LogP contribution in [0.2, 0.25) is 0 Å². The molecular formula is C15H18BrN3O. The molecule has 1 heterocycles. The van der Waals surface area contributed by atoms with Gasteiger partial charge in [-0.05, 0) is 53.9 Å². The highest BCUT2D eigenvalue weighted by Gasteiger charge is 2.07. The van der Waals surface area contributed by atoms with E-state index in [1.165, 1.54) is 5.56 Å². The number of aryl methyl sites for hydroxylation is 2. The molecule has 1 aromatic carbocycles. The molecule has 0 radical (unpaired) electrons. The van der Waals surface area contributed by atoms with Crippen LogP contribution in [0.25, 0.3) is 0 Å². The summed E-state index contributed by atoms with van der Waals surface area (Å²) in [6, 6.07) is 7.77. The first-order valence-electron chi connectivity index (χ1n) is 6.62. The van der Waals surface area contributed by atoms with Crippen molar-refractivity contribution in [1.29, 1.82) is 0 Å². The molecule has 2 rings (SSSR count). The van der Waals surface area contributed by atoms with E-state index in [1.54, 1.807) is 0 Å². The van der Waals surface area contributed by atoms with E-state index in [2.05, 4.69) is 38.1 Å². The third-order valence-corrected chi connectivity index (χ3v) is 3.29. The second-order valence-electron chi connectivity index (χ2n) is 4.63. The van der Waals surface area contributed by atoms with Gasteiger partial charge in [0.1, 0.15) is 5.75 Å². The summed E-state index contributed by atoms with van der Waals surface area (Å²) in [7, 11) is 0. The van der Waals surface area contributed by atoms with E-state index in [0.717, 1.165) is 28.9 Å². The van der Waals surface area contributed by atoms with Gasteiger partial charge in [0.2, 0.25) is 11.8 Å². The van der Waals surface area contributed by atoms with Crippen LogP contribution < -0.4 is 10.1 Å². The Balaban J connectivity index is 2.21. The van der Waals surface area contributed by atoms with E-state index in [-0.39, 0.29) is 0 Å². The van der Waals surface area contributed by atoms with Crippen molar-refractivity contribution in [2.24, 2.45) is 0 Å². The van der Waals surface area contributed by atoms with Crippen LogP contribution in [0.4, 0.5) is 5.95 Å². The van der Waals surface area contributed by atoms with Gasteiger partial charge in [-0.15, -0.1) is 0 Å². The molecule has 106 valence electrons. The topological polar surface area (TPSA) is 47.0 Å². The van der Waals surface area contributed by atoms with Crippen molar-refractivity contribution in [3.63, 3.8) is 0 Å². The highest BCUT2D eigenvalue weighted by molar-refractivity contribution is 9.10. The fourth-order valence-electron chi connectivity index (χ4n) is 1.71. The van der Waals surface area contributed by atoms with E-state index in [1.807, 2.05) is 38.1 Å². The van der Waals surface area contributed by atoms with E-state index in [0.29, 0.717) is 11.8 Å². The smallest absolute Gasteiger partial charge is 0.226 e. The number of rotatable bonds is 5. The van der Waals surface area contributed by atoms with Crippen molar-refractivity contribution in [2.75, 3.05) is 11.9 Å². The summed E-state index contributed by atoms with van der Waals surface area (Å²) < 4.78 is 6.74. The molecule has 0 aliphatic carbocycles. The SMILES string of the molecule is CCCNc1nc(C)cc(Oc2ccc(C)cc2Br)n1. The van der Waals surface area contributed by atoms with Crippen LogP contribution in [0.5, 0.6) is 11.6 Å². The second-order valence-corrected chi connectivity index (χ2v) is 5.49. The maximum Gasteiger partial charge on any atom is 0.226 e. The molecule has 2 aromatic rings. The number of nitrogens with zero attached hydrogens (tertiary/aromatic N) is 2. The highest BCUT2D eigenvalue weighted by atomic mass is 79.9. The lowest BCUT2D eigenvalue weighted by Crippen LogP contribution is -2.05. The van der Waals surface area contributed by atoms with Gasteiger partial charge < -0.3 is 10.1 Å². The molecule has 0 atom stereocenters. The molecule has 20 heavy (non-hydrogen) atoms. The van der Waals surface area contributed by atoms with Crippen LogP contribution in [-0.4, -0.2) is 16.5 Å². The Morgan fingerprint density at radius 3 is 2.70 bits per heavy atom. The predicted molar refractivity (Wildman–Crippen MR) is 84.5 cm³/mol. The number of hydrogen-bond acceptors (Lipinski definition) is 4. The monoisotopic (exact) mass is 335 g/mol. The van der Waals surface area contributed by atoms with Crippen molar-refractivity contribution in [3.8, 4) is 11.6 Å². The molecule has 1 aromatic heterocycles. The fourth-order valence-corrected chi connectivity index (χ4v) is 2.28. The lowest BCUT2D eigenvalue weighted by molar-refractivity contribution is 0.458. The zero-order valence-electron chi connectivity index (χ0n) is 11.9. The molecular weight excluding hydrogens is 318 g/mol. The van der Waals surface area contributed by atoms with E-state index < -0.39 is 0 Å². The summed E-state index contributed by atoms with van der Waals surface area (Å²) in [5.74, 6) is 1.89. The number of aromatic nitrogens is 2. The van der Waals surface area contributed by atoms with Gasteiger partial charge in [-0.2, -0.15) is 4.98 Å². The minimum absolute atomic E-state index is 0.542. The highest BCUT2D eigenvalue weighted by Crippen LogP contribution is 2.30. The molecule has 0 fully saturated rings. The van der Waals surface area contributed by atoms with Crippen LogP contribution in [0.3, 0.4) is 0 Å². The van der Waals surface area contributed by atoms with Crippen LogP contribution in [0.1, 0.15) is 24.6 Å². The van der Waals surface area contributed by atoms with Gasteiger partial charge in [-0.3, -0.25) is 0 Å². The summed E-state index contributed by atoms with van der Waals surface area (Å²) in [5, 5.41) is 3.17. The van der Waals surface area contributed by atoms with Crippen LogP contribution in [0, 0.1) is 13.8 Å². The lowest BCUT2D eigenvalue weighted by atomic mass is 10.2. The van der Waals surface area contributed by atoms with Gasteiger partial charge in [-0.1, -0.05) is 13.0 Å². The standard InChI is InChI=1S/C15H18BrN3O/c1-4-7-17-15-18-11(3)9-14(19-15)20-13-6-5-10(2)8-12(13)16/h5-6,8-9H,4,7H2,1-3H3,(H,17,18,19). The predicted octanol–water partition coefficient (Wildman–Crippen LogP) is 4.47. The summed E-state index contributed by atoms with van der Waals surface area (Å²) >= 11 is 3.50. The zero-order valence-corrected chi connectivity index (χ0v) is 13.5. The van der Waals surface area contributed by atoms with Crippen LogP contribution in [-0.2, 0) is 0 Å². The van der Waals surface area contributed by atoms with Crippen molar-refractivity contribution < 1.29 is 4.74 Å². The molecule has 0 spiro atoms. The minimum atomic E-state index is 0.542. The summed E-state index contributed by atoms with van der Waals surface area (Å²) in [5.41, 5.74) is 2.05. The van der Waals surface area contributed by atoms with Crippen molar-refractivity contribution in [3.05, 3.63) is 40.0 Å². The fraction of sp³-hybridized carbons (Fsp3) is 0.333. The van der Waals surface area contributed by atoms with E-state index in [4.69, 9.17) is 4.74 Å². The lowest BCUT2D eigenvalue weighted by Gasteiger charge is -2.10. The molecule has 0 saturated heterocycles. The van der Waals surface area contributed by atoms with Crippen LogP contribution in [0.15, 0.2) is 28.7 Å². The number of ether oxygens (including phenoxy) is 1. The Bertz CT molecular complexity index is 602. The van der Waals surface area contributed by atoms with Crippen LogP contribution >= 0.6 is 15.9 Å². The first-order valence-corrected chi connectivity index (χ1v) is 7.41. The number of halogens is 1. The first-order chi connectivity index (χ1) is 9.58. The van der Waals surface area contributed by atoms with Gasteiger partial charge in [0.25, 0.3) is 0 Å². The van der Waals surface area contributed by atoms with Gasteiger partial charge in [-0.25, -0.2) is 4.98 Å². The van der Waals surface area contributed by atoms with Crippen molar-refractivity contribution in [1.82, 2.24) is 9.97 Å². The summed E-state index contributed by atoms with van der Waals surface area (Å²) in [6.45, 7) is 6.91. The summed E-state index contributed by atoms with van der Waals surface area (Å²) in [6.07, 6.45) is 1.02. The zero-order chi connectivity index (χ0) is 14.5. The van der Waals surface area contributed by atoms with E-state index >= 15 is 0 Å². The minimum Gasteiger partial charge on any atom is -0.438 e. The number of benzene rings is 1. The Labute approximate surface area is 127 Å². The first kappa shape index (κ1) is 14.8. The molecule has 0 bridgehead atoms. The normalized spacial score (nSPS) is 10.4. The molecule has 0 aliphatic heterocycles. The number of anilines is 1. The molecule has 4 nitrogen and oxygen atoms in total. The average molecular weight is 336 g/mol. The quantitative estimate of drug-likeness (QED) is 0.875. The molecule has 0 amide bonds. The van der Waals surface area contributed by atoms with Crippen molar-refractivity contribution in [2.45, 2.75) is 27.2 Å². The average Bonchev–Trinajstić information content (AvgIpc) is 2.39. The number of hydrogen-bond donors (Lipinski definition) is 1.